The molecule has 0 fully saturated rings. The maximum atomic E-state index is 13.0. The number of hydrogen-bond donors (Lipinski definition) is 0. The van der Waals surface area contributed by atoms with Gasteiger partial charge in [-0.15, -0.1) is 10.2 Å². The highest BCUT2D eigenvalue weighted by atomic mass is 32.2. The molecule has 3 rings (SSSR count). The number of fused-ring (bicyclic) bond motifs is 1. The van der Waals surface area contributed by atoms with E-state index in [-0.39, 0.29) is 16.4 Å². The topological polar surface area (TPSA) is 84.6 Å². The molecule has 31 heavy (non-hydrogen) atoms. The molecule has 7 nitrogen and oxygen atoms in total. The van der Waals surface area contributed by atoms with Crippen molar-refractivity contribution < 1.29 is 13.2 Å². The number of pyridine rings is 1. The summed E-state index contributed by atoms with van der Waals surface area (Å²) in [4.78, 5) is 13.2. The Labute approximate surface area is 187 Å². The van der Waals surface area contributed by atoms with E-state index >= 15 is 0 Å². The van der Waals surface area contributed by atoms with Crippen LogP contribution in [-0.2, 0) is 10.0 Å². The van der Waals surface area contributed by atoms with Gasteiger partial charge < -0.3 is 0 Å². The van der Waals surface area contributed by atoms with Crippen molar-refractivity contribution in [1.82, 2.24) is 18.9 Å². The molecule has 0 N–H and O–H groups in total. The van der Waals surface area contributed by atoms with E-state index in [1.54, 1.807) is 16.5 Å². The fourth-order valence-electron chi connectivity index (χ4n) is 3.65. The van der Waals surface area contributed by atoms with Gasteiger partial charge in [-0.25, -0.2) is 8.42 Å². The Morgan fingerprint density at radius 2 is 1.65 bits per heavy atom. The number of sulfonamides is 1. The number of nitrogens with zero attached hydrogens (tertiary/aromatic N) is 4. The van der Waals surface area contributed by atoms with Gasteiger partial charge in [0.2, 0.25) is 10.0 Å². The molecule has 0 radical (unpaired) electrons. The van der Waals surface area contributed by atoms with Gasteiger partial charge in [0.05, 0.1) is 10.6 Å². The van der Waals surface area contributed by atoms with Crippen LogP contribution in [0.4, 0.5) is 0 Å². The number of carbonyl (C=O) groups excluding carboxylic acids is 1. The second-order valence-electron chi connectivity index (χ2n) is 7.51. The molecule has 9 heteroatoms. The van der Waals surface area contributed by atoms with E-state index < -0.39 is 10.0 Å². The molecule has 0 aliphatic rings. The summed E-state index contributed by atoms with van der Waals surface area (Å²) in [5.74, 6) is 0.216. The predicted octanol–water partition coefficient (Wildman–Crippen LogP) is 3.97. The van der Waals surface area contributed by atoms with Crippen molar-refractivity contribution in [3.05, 3.63) is 52.2 Å². The van der Waals surface area contributed by atoms with Crippen molar-refractivity contribution in [2.75, 3.05) is 18.8 Å². The standard InChI is InChI=1S/C22H28N4O3S2/c1-7-25(8-2)31(28,29)18-9-10-20-23-24-22(26(20)12-18)30-13-19(27)21-16(5)14(3)11-15(4)17(21)6/h9-12H,7-8,13H2,1-6H3. The molecule has 2 aromatic heterocycles. The molecule has 2 heterocycles. The zero-order valence-electron chi connectivity index (χ0n) is 18.8. The number of thioether (sulfide) groups is 1. The molecule has 1 aromatic carbocycles. The third kappa shape index (κ3) is 4.40. The fraction of sp³-hybridized carbons (Fsp3) is 0.409. The van der Waals surface area contributed by atoms with Gasteiger partial charge in [0, 0.05) is 24.8 Å². The van der Waals surface area contributed by atoms with Gasteiger partial charge in [0.1, 0.15) is 0 Å². The Balaban J connectivity index is 1.91. The zero-order chi connectivity index (χ0) is 22.9. The molecule has 0 aliphatic heterocycles. The SMILES string of the molecule is CCN(CC)S(=O)(=O)c1ccc2nnc(SCC(=O)c3c(C)c(C)cc(C)c3C)n2c1. The van der Waals surface area contributed by atoms with Crippen LogP contribution >= 0.6 is 11.8 Å². The van der Waals surface area contributed by atoms with Gasteiger partial charge in [-0.3, -0.25) is 9.20 Å². The van der Waals surface area contributed by atoms with Crippen LogP contribution in [0.25, 0.3) is 5.65 Å². The van der Waals surface area contributed by atoms with Crippen molar-refractivity contribution in [1.29, 1.82) is 0 Å². The first kappa shape index (κ1) is 23.4. The van der Waals surface area contributed by atoms with Gasteiger partial charge in [-0.1, -0.05) is 31.7 Å². The molecule has 0 saturated carbocycles. The lowest BCUT2D eigenvalue weighted by atomic mass is 9.92. The number of aromatic nitrogens is 3. The highest BCUT2D eigenvalue weighted by molar-refractivity contribution is 7.99. The predicted molar refractivity (Wildman–Crippen MR) is 124 cm³/mol. The second kappa shape index (κ2) is 9.10. The van der Waals surface area contributed by atoms with Crippen LogP contribution in [0.1, 0.15) is 46.5 Å². The van der Waals surface area contributed by atoms with Crippen LogP contribution in [0.15, 0.2) is 34.4 Å². The summed E-state index contributed by atoms with van der Waals surface area (Å²) < 4.78 is 28.8. The third-order valence-corrected chi connectivity index (χ3v) is 8.64. The van der Waals surface area contributed by atoms with Crippen LogP contribution in [0.5, 0.6) is 0 Å². The van der Waals surface area contributed by atoms with E-state index in [0.29, 0.717) is 23.9 Å². The Bertz CT molecular complexity index is 1220. The summed E-state index contributed by atoms with van der Waals surface area (Å²) in [6, 6.07) is 5.27. The number of ketones is 1. The Morgan fingerprint density at radius 3 is 2.23 bits per heavy atom. The van der Waals surface area contributed by atoms with Gasteiger partial charge >= 0.3 is 0 Å². The van der Waals surface area contributed by atoms with Crippen LogP contribution in [0.2, 0.25) is 0 Å². The summed E-state index contributed by atoms with van der Waals surface area (Å²) >= 11 is 1.26. The maximum Gasteiger partial charge on any atom is 0.244 e. The molecule has 3 aromatic rings. The number of aryl methyl sites for hydroxylation is 2. The van der Waals surface area contributed by atoms with E-state index in [0.717, 1.165) is 27.8 Å². The Morgan fingerprint density at radius 1 is 1.03 bits per heavy atom. The van der Waals surface area contributed by atoms with Crippen molar-refractivity contribution >= 4 is 33.2 Å². The molecule has 0 unspecified atom stereocenters. The molecule has 0 atom stereocenters. The van der Waals surface area contributed by atoms with Gasteiger partial charge in [0.15, 0.2) is 16.6 Å². The molecule has 0 saturated heterocycles. The third-order valence-electron chi connectivity index (χ3n) is 5.66. The first-order chi connectivity index (χ1) is 14.6. The lowest BCUT2D eigenvalue weighted by molar-refractivity contribution is 0.102. The smallest absolute Gasteiger partial charge is 0.244 e. The number of rotatable bonds is 8. The monoisotopic (exact) mass is 460 g/mol. The number of Topliss-reactive ketones (excluding diaryl/α,β-unsaturated/α-hetero) is 1. The van der Waals surface area contributed by atoms with Crippen LogP contribution in [-0.4, -0.2) is 51.9 Å². The molecule has 0 aliphatic carbocycles. The molecule has 0 bridgehead atoms. The summed E-state index contributed by atoms with van der Waals surface area (Å²) in [5.41, 5.74) is 5.46. The number of carbonyl (C=O) groups is 1. The normalized spacial score (nSPS) is 12.1. The molecule has 166 valence electrons. The van der Waals surface area contributed by atoms with Crippen LogP contribution in [0.3, 0.4) is 0 Å². The lowest BCUT2D eigenvalue weighted by Crippen LogP contribution is -2.30. The minimum atomic E-state index is -3.60. The summed E-state index contributed by atoms with van der Waals surface area (Å²) in [5, 5.41) is 8.76. The first-order valence-electron chi connectivity index (χ1n) is 10.2. The lowest BCUT2D eigenvalue weighted by Gasteiger charge is -2.18. The number of hydrogen-bond acceptors (Lipinski definition) is 6. The van der Waals surface area contributed by atoms with Crippen molar-refractivity contribution in [3.8, 4) is 0 Å². The van der Waals surface area contributed by atoms with E-state index in [4.69, 9.17) is 0 Å². The molecular weight excluding hydrogens is 432 g/mol. The quantitative estimate of drug-likeness (QED) is 0.374. The average Bonchev–Trinajstić information content (AvgIpc) is 3.14. The molecular formula is C22H28N4O3S2. The highest BCUT2D eigenvalue weighted by Crippen LogP contribution is 2.26. The number of benzene rings is 1. The van der Waals surface area contributed by atoms with E-state index in [2.05, 4.69) is 16.3 Å². The van der Waals surface area contributed by atoms with Crippen LogP contribution in [0, 0.1) is 27.7 Å². The van der Waals surface area contributed by atoms with Gasteiger partial charge in [-0.2, -0.15) is 4.31 Å². The second-order valence-corrected chi connectivity index (χ2v) is 10.4. The fourth-order valence-corrected chi connectivity index (χ4v) is 5.90. The highest BCUT2D eigenvalue weighted by Gasteiger charge is 2.23. The molecule has 0 amide bonds. The van der Waals surface area contributed by atoms with Crippen molar-refractivity contribution in [2.24, 2.45) is 0 Å². The minimum Gasteiger partial charge on any atom is -0.293 e. The summed E-state index contributed by atoms with van der Waals surface area (Å²) in [6.07, 6.45) is 1.53. The Kier molecular flexibility index (Phi) is 6.88. The summed E-state index contributed by atoms with van der Waals surface area (Å²) in [6.45, 7) is 12.4. The minimum absolute atomic E-state index is 0.0236. The first-order valence-corrected chi connectivity index (χ1v) is 12.6. The van der Waals surface area contributed by atoms with Crippen molar-refractivity contribution in [3.63, 3.8) is 0 Å². The van der Waals surface area contributed by atoms with Gasteiger partial charge in [-0.05, 0) is 62.1 Å². The zero-order valence-corrected chi connectivity index (χ0v) is 20.4. The Hall–Kier alpha value is -2.23. The van der Waals surface area contributed by atoms with Crippen LogP contribution < -0.4 is 0 Å². The van der Waals surface area contributed by atoms with E-state index in [9.17, 15) is 13.2 Å². The largest absolute Gasteiger partial charge is 0.293 e. The van der Waals surface area contributed by atoms with E-state index in [1.165, 1.54) is 22.3 Å². The summed E-state index contributed by atoms with van der Waals surface area (Å²) in [7, 11) is -3.60. The molecule has 0 spiro atoms. The maximum absolute atomic E-state index is 13.0. The van der Waals surface area contributed by atoms with Crippen molar-refractivity contribution in [2.45, 2.75) is 51.6 Å². The van der Waals surface area contributed by atoms with Gasteiger partial charge in [0.25, 0.3) is 0 Å². The van der Waals surface area contributed by atoms with E-state index in [1.807, 2.05) is 41.5 Å². The average molecular weight is 461 g/mol.